The SMILES string of the molecule is Cc1cn2c(n1)CCC(N)C2. The molecule has 1 aromatic rings. The maximum Gasteiger partial charge on any atom is 0.109 e. The third-order valence-corrected chi connectivity index (χ3v) is 2.15. The van der Waals surface area contributed by atoms with Crippen LogP contribution >= 0.6 is 0 Å². The molecule has 0 spiro atoms. The molecule has 0 fully saturated rings. The van der Waals surface area contributed by atoms with Gasteiger partial charge in [0.15, 0.2) is 0 Å². The van der Waals surface area contributed by atoms with Crippen molar-refractivity contribution in [2.75, 3.05) is 0 Å². The van der Waals surface area contributed by atoms with Gasteiger partial charge in [-0.15, -0.1) is 0 Å². The maximum absolute atomic E-state index is 5.81. The Bertz CT molecular complexity index is 264. The number of aryl methyl sites for hydroxylation is 2. The second-order valence-corrected chi connectivity index (χ2v) is 3.25. The molecule has 11 heavy (non-hydrogen) atoms. The summed E-state index contributed by atoms with van der Waals surface area (Å²) in [5, 5.41) is 0. The van der Waals surface area contributed by atoms with Gasteiger partial charge in [0.25, 0.3) is 0 Å². The first-order valence-electron chi connectivity index (χ1n) is 4.04. The molecule has 2 rings (SSSR count). The number of fused-ring (bicyclic) bond motifs is 1. The Hall–Kier alpha value is -0.830. The lowest BCUT2D eigenvalue weighted by Gasteiger charge is -2.19. The zero-order chi connectivity index (χ0) is 7.84. The summed E-state index contributed by atoms with van der Waals surface area (Å²) in [6, 6.07) is 0.330. The van der Waals surface area contributed by atoms with E-state index in [-0.39, 0.29) is 0 Å². The average molecular weight is 151 g/mol. The van der Waals surface area contributed by atoms with Crippen molar-refractivity contribution < 1.29 is 0 Å². The zero-order valence-electron chi connectivity index (χ0n) is 6.75. The largest absolute Gasteiger partial charge is 0.333 e. The quantitative estimate of drug-likeness (QED) is 0.585. The van der Waals surface area contributed by atoms with Gasteiger partial charge in [-0.2, -0.15) is 0 Å². The molecule has 0 aromatic carbocycles. The first-order valence-corrected chi connectivity index (χ1v) is 4.04. The molecular weight excluding hydrogens is 138 g/mol. The lowest BCUT2D eigenvalue weighted by atomic mass is 10.1. The minimum Gasteiger partial charge on any atom is -0.333 e. The van der Waals surface area contributed by atoms with E-state index in [0.29, 0.717) is 6.04 Å². The molecule has 0 saturated carbocycles. The van der Waals surface area contributed by atoms with Crippen molar-refractivity contribution in [3.63, 3.8) is 0 Å². The molecule has 1 aliphatic rings. The third-order valence-electron chi connectivity index (χ3n) is 2.15. The second-order valence-electron chi connectivity index (χ2n) is 3.25. The van der Waals surface area contributed by atoms with Crippen LogP contribution in [0.15, 0.2) is 6.20 Å². The van der Waals surface area contributed by atoms with E-state index < -0.39 is 0 Å². The van der Waals surface area contributed by atoms with Crippen LogP contribution in [0, 0.1) is 6.92 Å². The van der Waals surface area contributed by atoms with Crippen LogP contribution < -0.4 is 5.73 Å². The molecule has 3 nitrogen and oxygen atoms in total. The van der Waals surface area contributed by atoms with E-state index >= 15 is 0 Å². The van der Waals surface area contributed by atoms with Crippen LogP contribution in [0.5, 0.6) is 0 Å². The smallest absolute Gasteiger partial charge is 0.109 e. The Morgan fingerprint density at radius 2 is 2.55 bits per heavy atom. The predicted molar refractivity (Wildman–Crippen MR) is 43.3 cm³/mol. The van der Waals surface area contributed by atoms with Crippen LogP contribution in [0.1, 0.15) is 17.9 Å². The van der Waals surface area contributed by atoms with Gasteiger partial charge in [-0.3, -0.25) is 0 Å². The van der Waals surface area contributed by atoms with Gasteiger partial charge in [0.2, 0.25) is 0 Å². The van der Waals surface area contributed by atoms with E-state index in [0.717, 1.165) is 25.1 Å². The molecule has 2 heterocycles. The molecule has 1 aromatic heterocycles. The highest BCUT2D eigenvalue weighted by atomic mass is 15.1. The van der Waals surface area contributed by atoms with Crippen molar-refractivity contribution >= 4 is 0 Å². The van der Waals surface area contributed by atoms with Crippen LogP contribution in [0.25, 0.3) is 0 Å². The summed E-state index contributed by atoms with van der Waals surface area (Å²) in [6.45, 7) is 2.97. The maximum atomic E-state index is 5.81. The van der Waals surface area contributed by atoms with Gasteiger partial charge in [0.1, 0.15) is 5.82 Å². The van der Waals surface area contributed by atoms with E-state index in [1.54, 1.807) is 0 Å². The van der Waals surface area contributed by atoms with E-state index in [9.17, 15) is 0 Å². The lowest BCUT2D eigenvalue weighted by molar-refractivity contribution is 0.453. The van der Waals surface area contributed by atoms with E-state index in [2.05, 4.69) is 15.7 Å². The fourth-order valence-corrected chi connectivity index (χ4v) is 1.61. The molecule has 1 atom stereocenters. The number of hydrogen-bond acceptors (Lipinski definition) is 2. The first kappa shape index (κ1) is 6.85. The number of imidazole rings is 1. The predicted octanol–water partition coefficient (Wildman–Crippen LogP) is 0.465. The Labute approximate surface area is 66.2 Å². The summed E-state index contributed by atoms with van der Waals surface area (Å²) in [4.78, 5) is 4.39. The normalized spacial score (nSPS) is 23.3. The summed E-state index contributed by atoms with van der Waals surface area (Å²) < 4.78 is 2.17. The molecule has 0 aliphatic carbocycles. The minimum atomic E-state index is 0.330. The molecular formula is C8H13N3. The third kappa shape index (κ3) is 1.16. The Morgan fingerprint density at radius 3 is 3.36 bits per heavy atom. The van der Waals surface area contributed by atoms with Crippen LogP contribution in [0.4, 0.5) is 0 Å². The molecule has 1 aliphatic heterocycles. The Morgan fingerprint density at radius 1 is 1.73 bits per heavy atom. The molecule has 3 heteroatoms. The van der Waals surface area contributed by atoms with Crippen LogP contribution in [-0.2, 0) is 13.0 Å². The van der Waals surface area contributed by atoms with E-state index in [1.165, 1.54) is 5.82 Å². The number of nitrogens with two attached hydrogens (primary N) is 1. The highest BCUT2D eigenvalue weighted by Gasteiger charge is 2.15. The lowest BCUT2D eigenvalue weighted by Crippen LogP contribution is -2.31. The number of hydrogen-bond donors (Lipinski definition) is 1. The van der Waals surface area contributed by atoms with Crippen LogP contribution in [-0.4, -0.2) is 15.6 Å². The standard InChI is InChI=1S/C8H13N3/c1-6-4-11-5-7(9)2-3-8(11)10-6/h4,7H,2-3,5,9H2,1H3. The fraction of sp³-hybridized carbons (Fsp3) is 0.625. The van der Waals surface area contributed by atoms with E-state index in [1.807, 2.05) is 6.92 Å². The first-order chi connectivity index (χ1) is 5.25. The van der Waals surface area contributed by atoms with E-state index in [4.69, 9.17) is 5.73 Å². The highest BCUT2D eigenvalue weighted by Crippen LogP contribution is 2.13. The van der Waals surface area contributed by atoms with Gasteiger partial charge in [-0.1, -0.05) is 0 Å². The van der Waals surface area contributed by atoms with Crippen molar-refractivity contribution in [2.45, 2.75) is 32.4 Å². The molecule has 1 unspecified atom stereocenters. The zero-order valence-corrected chi connectivity index (χ0v) is 6.75. The fourth-order valence-electron chi connectivity index (χ4n) is 1.61. The van der Waals surface area contributed by atoms with Crippen molar-refractivity contribution in [3.8, 4) is 0 Å². The van der Waals surface area contributed by atoms with Gasteiger partial charge in [-0.05, 0) is 13.3 Å². The van der Waals surface area contributed by atoms with Crippen LogP contribution in [0.2, 0.25) is 0 Å². The summed E-state index contributed by atoms with van der Waals surface area (Å²) in [7, 11) is 0. The topological polar surface area (TPSA) is 43.8 Å². The molecule has 0 saturated heterocycles. The van der Waals surface area contributed by atoms with Gasteiger partial charge in [0, 0.05) is 25.2 Å². The summed E-state index contributed by atoms with van der Waals surface area (Å²) in [5.74, 6) is 1.20. The number of rotatable bonds is 0. The van der Waals surface area contributed by atoms with Crippen LogP contribution in [0.3, 0.4) is 0 Å². The Balaban J connectivity index is 2.34. The van der Waals surface area contributed by atoms with Crippen molar-refractivity contribution in [1.82, 2.24) is 9.55 Å². The van der Waals surface area contributed by atoms with Gasteiger partial charge in [0.05, 0.1) is 5.69 Å². The van der Waals surface area contributed by atoms with Gasteiger partial charge in [-0.25, -0.2) is 4.98 Å². The van der Waals surface area contributed by atoms with Crippen molar-refractivity contribution in [2.24, 2.45) is 5.73 Å². The number of aromatic nitrogens is 2. The number of nitrogens with zero attached hydrogens (tertiary/aromatic N) is 2. The molecule has 0 bridgehead atoms. The van der Waals surface area contributed by atoms with Crippen molar-refractivity contribution in [1.29, 1.82) is 0 Å². The Kier molecular flexibility index (Phi) is 1.46. The summed E-state index contributed by atoms with van der Waals surface area (Å²) in [5.41, 5.74) is 6.92. The monoisotopic (exact) mass is 151 g/mol. The minimum absolute atomic E-state index is 0.330. The van der Waals surface area contributed by atoms with Gasteiger partial charge >= 0.3 is 0 Å². The average Bonchev–Trinajstić information content (AvgIpc) is 2.27. The molecule has 60 valence electrons. The summed E-state index contributed by atoms with van der Waals surface area (Å²) in [6.07, 6.45) is 4.19. The second kappa shape index (κ2) is 2.34. The highest BCUT2D eigenvalue weighted by molar-refractivity contribution is 5.05. The molecule has 0 radical (unpaired) electrons. The molecule has 0 amide bonds. The van der Waals surface area contributed by atoms with Gasteiger partial charge < -0.3 is 10.3 Å². The summed E-state index contributed by atoms with van der Waals surface area (Å²) >= 11 is 0. The van der Waals surface area contributed by atoms with Crippen molar-refractivity contribution in [3.05, 3.63) is 17.7 Å². The molecule has 2 N–H and O–H groups in total.